The van der Waals surface area contributed by atoms with E-state index in [9.17, 15) is 19.2 Å². The molecule has 0 aliphatic heterocycles. The van der Waals surface area contributed by atoms with E-state index in [0.717, 1.165) is 12.8 Å². The van der Waals surface area contributed by atoms with Crippen molar-refractivity contribution >= 4 is 35.1 Å². The summed E-state index contributed by atoms with van der Waals surface area (Å²) in [7, 11) is 2.82. The first kappa shape index (κ1) is 23.6. The van der Waals surface area contributed by atoms with Gasteiger partial charge in [-0.05, 0) is 31.0 Å². The molecule has 3 amide bonds. The van der Waals surface area contributed by atoms with Crippen molar-refractivity contribution in [2.24, 2.45) is 0 Å². The predicted octanol–water partition coefficient (Wildman–Crippen LogP) is 2.35. The molecule has 3 N–H and O–H groups in total. The smallest absolute Gasteiger partial charge is 0.340 e. The number of hydrogen-bond acceptors (Lipinski definition) is 7. The van der Waals surface area contributed by atoms with Gasteiger partial charge in [-0.15, -0.1) is 0 Å². The van der Waals surface area contributed by atoms with Crippen molar-refractivity contribution in [3.63, 3.8) is 0 Å². The number of hydrogen-bond donors (Lipinski definition) is 3. The van der Waals surface area contributed by atoms with Gasteiger partial charge in [-0.1, -0.05) is 6.07 Å². The molecule has 1 fully saturated rings. The Morgan fingerprint density at radius 1 is 0.970 bits per heavy atom. The van der Waals surface area contributed by atoms with Crippen molar-refractivity contribution in [3.8, 4) is 11.5 Å². The Morgan fingerprint density at radius 2 is 1.67 bits per heavy atom. The molecule has 0 radical (unpaired) electrons. The van der Waals surface area contributed by atoms with Crippen LogP contribution in [0.2, 0.25) is 0 Å². The third-order valence-corrected chi connectivity index (χ3v) is 4.71. The van der Waals surface area contributed by atoms with E-state index in [-0.39, 0.29) is 28.9 Å². The lowest BCUT2D eigenvalue weighted by Crippen LogP contribution is -2.25. The van der Waals surface area contributed by atoms with Gasteiger partial charge in [0.2, 0.25) is 5.91 Å². The summed E-state index contributed by atoms with van der Waals surface area (Å²) in [6.07, 6.45) is 1.94. The normalized spacial score (nSPS) is 12.3. The summed E-state index contributed by atoms with van der Waals surface area (Å²) in [5, 5.41) is 7.99. The van der Waals surface area contributed by atoms with Crippen LogP contribution in [0.15, 0.2) is 36.4 Å². The van der Waals surface area contributed by atoms with E-state index in [0.29, 0.717) is 17.0 Å². The first-order chi connectivity index (χ1) is 15.8. The Balaban J connectivity index is 1.65. The molecule has 0 saturated heterocycles. The van der Waals surface area contributed by atoms with Crippen molar-refractivity contribution in [1.82, 2.24) is 5.32 Å². The van der Waals surface area contributed by atoms with Gasteiger partial charge in [0.05, 0.1) is 25.5 Å². The number of rotatable bonds is 9. The second-order valence-electron chi connectivity index (χ2n) is 7.39. The summed E-state index contributed by atoms with van der Waals surface area (Å²) < 4.78 is 15.5. The first-order valence-electron chi connectivity index (χ1n) is 10.2. The van der Waals surface area contributed by atoms with Gasteiger partial charge < -0.3 is 30.2 Å². The largest absolute Gasteiger partial charge is 0.493 e. The number of benzene rings is 2. The number of anilines is 2. The Labute approximate surface area is 190 Å². The molecule has 0 aromatic heterocycles. The minimum absolute atomic E-state index is 0.00519. The van der Waals surface area contributed by atoms with Crippen molar-refractivity contribution < 1.29 is 33.4 Å². The third-order valence-electron chi connectivity index (χ3n) is 4.71. The molecule has 1 aliphatic rings. The Hall–Kier alpha value is -4.08. The summed E-state index contributed by atoms with van der Waals surface area (Å²) in [5.74, 6) is -1.49. The predicted molar refractivity (Wildman–Crippen MR) is 120 cm³/mol. The van der Waals surface area contributed by atoms with E-state index >= 15 is 0 Å². The molecule has 2 aromatic rings. The Morgan fingerprint density at radius 3 is 2.30 bits per heavy atom. The second kappa shape index (κ2) is 10.5. The van der Waals surface area contributed by atoms with Gasteiger partial charge in [-0.25, -0.2) is 4.79 Å². The molecule has 174 valence electrons. The van der Waals surface area contributed by atoms with Crippen LogP contribution in [0.3, 0.4) is 0 Å². The van der Waals surface area contributed by atoms with Crippen LogP contribution in [0.4, 0.5) is 11.4 Å². The number of amides is 3. The number of methoxy groups -OCH3 is 2. The third kappa shape index (κ3) is 6.45. The van der Waals surface area contributed by atoms with E-state index in [1.54, 1.807) is 24.3 Å². The van der Waals surface area contributed by atoms with Crippen LogP contribution >= 0.6 is 0 Å². The zero-order valence-electron chi connectivity index (χ0n) is 18.5. The van der Waals surface area contributed by atoms with Crippen molar-refractivity contribution in [3.05, 3.63) is 47.5 Å². The molecule has 1 aliphatic carbocycles. The number of carbonyl (C=O) groups is 4. The fourth-order valence-electron chi connectivity index (χ4n) is 2.98. The molecule has 0 atom stereocenters. The van der Waals surface area contributed by atoms with Crippen LogP contribution in [0.25, 0.3) is 0 Å². The van der Waals surface area contributed by atoms with Crippen molar-refractivity contribution in [1.29, 1.82) is 0 Å². The van der Waals surface area contributed by atoms with Crippen molar-refractivity contribution in [2.75, 3.05) is 31.5 Å². The zero-order valence-corrected chi connectivity index (χ0v) is 18.5. The van der Waals surface area contributed by atoms with Gasteiger partial charge in [-0.2, -0.15) is 0 Å². The van der Waals surface area contributed by atoms with Gasteiger partial charge in [0.15, 0.2) is 18.1 Å². The maximum Gasteiger partial charge on any atom is 0.340 e. The van der Waals surface area contributed by atoms with Crippen LogP contribution in [-0.4, -0.2) is 50.6 Å². The zero-order chi connectivity index (χ0) is 24.0. The standard InChI is InChI=1S/C23H25N3O7/c1-13(27)24-18-11-20(32-3)19(31-2)10-17(18)23(30)33-12-21(28)25-16-6-4-5-14(9-16)22(29)26-15-7-8-15/h4-6,9-11,15H,7-8,12H2,1-3H3,(H,24,27)(H,25,28)(H,26,29). The number of carbonyl (C=O) groups excluding carboxylic acids is 4. The molecular weight excluding hydrogens is 430 g/mol. The summed E-state index contributed by atoms with van der Waals surface area (Å²) in [4.78, 5) is 48.6. The van der Waals surface area contributed by atoms with E-state index in [1.807, 2.05) is 0 Å². The van der Waals surface area contributed by atoms with E-state index < -0.39 is 24.4 Å². The molecule has 1 saturated carbocycles. The van der Waals surface area contributed by atoms with E-state index in [4.69, 9.17) is 14.2 Å². The molecule has 0 bridgehead atoms. The highest BCUT2D eigenvalue weighted by molar-refractivity contribution is 6.03. The quantitative estimate of drug-likeness (QED) is 0.495. The second-order valence-corrected chi connectivity index (χ2v) is 7.39. The van der Waals surface area contributed by atoms with Crippen LogP contribution < -0.4 is 25.4 Å². The molecule has 2 aromatic carbocycles. The number of nitrogens with one attached hydrogen (secondary N) is 3. The number of esters is 1. The van der Waals surface area contributed by atoms with E-state index in [2.05, 4.69) is 16.0 Å². The molecule has 0 unspecified atom stereocenters. The highest BCUT2D eigenvalue weighted by Crippen LogP contribution is 2.33. The molecular formula is C23H25N3O7. The fourth-order valence-corrected chi connectivity index (χ4v) is 2.98. The summed E-state index contributed by atoms with van der Waals surface area (Å²) in [5.41, 5.74) is 0.959. The van der Waals surface area contributed by atoms with Gasteiger partial charge in [0.1, 0.15) is 0 Å². The average molecular weight is 455 g/mol. The maximum absolute atomic E-state index is 12.6. The number of ether oxygens (including phenoxy) is 3. The fraction of sp³-hybridized carbons (Fsp3) is 0.304. The topological polar surface area (TPSA) is 132 Å². The summed E-state index contributed by atoms with van der Waals surface area (Å²) in [6.45, 7) is 0.712. The lowest BCUT2D eigenvalue weighted by Gasteiger charge is -2.14. The van der Waals surface area contributed by atoms with Gasteiger partial charge >= 0.3 is 5.97 Å². The lowest BCUT2D eigenvalue weighted by atomic mass is 10.1. The Kier molecular flexibility index (Phi) is 7.50. The van der Waals surface area contributed by atoms with Gasteiger partial charge in [0, 0.05) is 36.3 Å². The minimum Gasteiger partial charge on any atom is -0.493 e. The van der Waals surface area contributed by atoms with Crippen LogP contribution in [0.5, 0.6) is 11.5 Å². The highest BCUT2D eigenvalue weighted by Gasteiger charge is 2.24. The summed E-state index contributed by atoms with van der Waals surface area (Å²) in [6, 6.07) is 9.45. The summed E-state index contributed by atoms with van der Waals surface area (Å²) >= 11 is 0. The highest BCUT2D eigenvalue weighted by atomic mass is 16.5. The SMILES string of the molecule is COc1cc(NC(C)=O)c(C(=O)OCC(=O)Nc2cccc(C(=O)NC3CC3)c2)cc1OC. The van der Waals surface area contributed by atoms with Crippen molar-refractivity contribution in [2.45, 2.75) is 25.8 Å². The van der Waals surface area contributed by atoms with Crippen LogP contribution in [0.1, 0.15) is 40.5 Å². The molecule has 33 heavy (non-hydrogen) atoms. The lowest BCUT2D eigenvalue weighted by molar-refractivity contribution is -0.119. The average Bonchev–Trinajstić information content (AvgIpc) is 3.61. The van der Waals surface area contributed by atoms with E-state index in [1.165, 1.54) is 33.3 Å². The molecule has 0 heterocycles. The molecule has 10 heteroatoms. The molecule has 0 spiro atoms. The maximum atomic E-state index is 12.6. The molecule has 10 nitrogen and oxygen atoms in total. The monoisotopic (exact) mass is 455 g/mol. The van der Waals surface area contributed by atoms with Gasteiger partial charge in [-0.3, -0.25) is 14.4 Å². The van der Waals surface area contributed by atoms with Crippen LogP contribution in [-0.2, 0) is 14.3 Å². The molecule has 3 rings (SSSR count). The first-order valence-corrected chi connectivity index (χ1v) is 10.2. The Bertz CT molecular complexity index is 1080. The van der Waals surface area contributed by atoms with Crippen LogP contribution in [0, 0.1) is 0 Å². The minimum atomic E-state index is -0.840. The van der Waals surface area contributed by atoms with Gasteiger partial charge in [0.25, 0.3) is 11.8 Å².